The van der Waals surface area contributed by atoms with Crippen molar-refractivity contribution in [1.82, 2.24) is 24.8 Å². The summed E-state index contributed by atoms with van der Waals surface area (Å²) < 4.78 is 9.73. The zero-order valence-corrected chi connectivity index (χ0v) is 21.8. The summed E-state index contributed by atoms with van der Waals surface area (Å²) in [5.74, 6) is 0.743. The number of aryl methyl sites for hydroxylation is 1. The minimum Gasteiger partial charge on any atom is -0.490 e. The number of hydrogen-bond acceptors (Lipinski definition) is 5. The molecule has 2 aliphatic rings. The Morgan fingerprint density at radius 3 is 2.55 bits per heavy atom. The minimum atomic E-state index is -0.967. The fourth-order valence-corrected chi connectivity index (χ4v) is 5.90. The maximum absolute atomic E-state index is 12.0. The molecule has 2 aromatic carbocycles. The topological polar surface area (TPSA) is 95.1 Å². The van der Waals surface area contributed by atoms with Crippen molar-refractivity contribution >= 4 is 5.97 Å². The molecule has 0 bridgehead atoms. The maximum atomic E-state index is 12.0. The highest BCUT2D eigenvalue weighted by molar-refractivity contribution is 5.89. The molecule has 38 heavy (non-hydrogen) atoms. The molecule has 0 radical (unpaired) electrons. The number of hydrogen-bond donors (Lipinski definition) is 1. The van der Waals surface area contributed by atoms with Crippen molar-refractivity contribution in [3.8, 4) is 22.6 Å². The molecule has 1 N–H and O–H groups in total. The minimum absolute atomic E-state index is 0.0338. The first-order valence-electron chi connectivity index (χ1n) is 13.5. The van der Waals surface area contributed by atoms with Crippen LogP contribution in [0.4, 0.5) is 0 Å². The van der Waals surface area contributed by atoms with Crippen LogP contribution in [0, 0.1) is 5.92 Å². The fourth-order valence-electron chi connectivity index (χ4n) is 5.90. The van der Waals surface area contributed by atoms with E-state index in [9.17, 15) is 9.90 Å². The number of carboxylic acids is 1. The van der Waals surface area contributed by atoms with E-state index >= 15 is 0 Å². The molecule has 1 unspecified atom stereocenters. The number of carbonyl (C=O) groups is 1. The molecule has 6 rings (SSSR count). The number of ether oxygens (including phenoxy) is 1. The molecule has 3 atom stereocenters. The van der Waals surface area contributed by atoms with Gasteiger partial charge in [-0.2, -0.15) is 5.10 Å². The Morgan fingerprint density at radius 1 is 1.05 bits per heavy atom. The first-order chi connectivity index (χ1) is 18.5. The molecular weight excluding hydrogens is 478 g/mol. The predicted molar refractivity (Wildman–Crippen MR) is 144 cm³/mol. The van der Waals surface area contributed by atoms with Gasteiger partial charge in [-0.1, -0.05) is 48.7 Å². The molecule has 0 amide bonds. The Morgan fingerprint density at radius 2 is 1.84 bits per heavy atom. The van der Waals surface area contributed by atoms with E-state index in [4.69, 9.17) is 4.74 Å². The van der Waals surface area contributed by atoms with Crippen LogP contribution < -0.4 is 4.74 Å². The van der Waals surface area contributed by atoms with Crippen molar-refractivity contribution in [3.63, 3.8) is 0 Å². The Bertz CT molecular complexity index is 1430. The predicted octanol–water partition coefficient (Wildman–Crippen LogP) is 5.98. The fraction of sp³-hybridized carbons (Fsp3) is 0.400. The molecule has 4 aromatic rings. The second-order valence-corrected chi connectivity index (χ2v) is 10.7. The van der Waals surface area contributed by atoms with Gasteiger partial charge in [0.25, 0.3) is 0 Å². The molecule has 2 fully saturated rings. The van der Waals surface area contributed by atoms with E-state index in [0.717, 1.165) is 34.7 Å². The van der Waals surface area contributed by atoms with Gasteiger partial charge in [0.1, 0.15) is 11.3 Å². The van der Waals surface area contributed by atoms with Gasteiger partial charge in [0.15, 0.2) is 0 Å². The van der Waals surface area contributed by atoms with Crippen LogP contribution >= 0.6 is 0 Å². The van der Waals surface area contributed by atoms with E-state index < -0.39 is 5.97 Å². The van der Waals surface area contributed by atoms with E-state index in [2.05, 4.69) is 46.6 Å². The maximum Gasteiger partial charge on any atom is 0.339 e. The summed E-state index contributed by atoms with van der Waals surface area (Å²) in [4.78, 5) is 12.0. The van der Waals surface area contributed by atoms with Crippen LogP contribution in [0.15, 0.2) is 60.9 Å². The third-order valence-corrected chi connectivity index (χ3v) is 8.09. The van der Waals surface area contributed by atoms with Crippen molar-refractivity contribution in [1.29, 1.82) is 0 Å². The number of benzene rings is 2. The second-order valence-electron chi connectivity index (χ2n) is 10.7. The summed E-state index contributed by atoms with van der Waals surface area (Å²) in [5, 5.41) is 22.7. The van der Waals surface area contributed by atoms with Gasteiger partial charge in [-0.3, -0.25) is 4.68 Å². The Hall–Kier alpha value is -3.94. The highest BCUT2D eigenvalue weighted by atomic mass is 16.5. The molecule has 2 saturated carbocycles. The van der Waals surface area contributed by atoms with Crippen LogP contribution in [0.25, 0.3) is 16.8 Å². The second kappa shape index (κ2) is 10.1. The molecule has 0 aliphatic heterocycles. The summed E-state index contributed by atoms with van der Waals surface area (Å²) in [5.41, 5.74) is 4.78. The highest BCUT2D eigenvalue weighted by Gasteiger charge is 2.46. The van der Waals surface area contributed by atoms with Crippen molar-refractivity contribution in [2.75, 3.05) is 0 Å². The van der Waals surface area contributed by atoms with Crippen LogP contribution in [-0.2, 0) is 7.05 Å². The van der Waals surface area contributed by atoms with Gasteiger partial charge in [-0.25, -0.2) is 9.48 Å². The van der Waals surface area contributed by atoms with E-state index in [1.807, 2.05) is 37.5 Å². The summed E-state index contributed by atoms with van der Waals surface area (Å²) >= 11 is 0. The lowest BCUT2D eigenvalue weighted by atomic mass is 9.86. The average molecular weight is 512 g/mol. The summed E-state index contributed by atoms with van der Waals surface area (Å²) in [7, 11) is 1.84. The first-order valence-corrected chi connectivity index (χ1v) is 13.5. The SMILES string of the molecule is CC(Oc1ccc(-c2cccc(-n3ncc(C(=O)O)c3[C@H]3C[C@@H]3c3cn(C)nn3)c2)cc1)C1CCCCC1. The van der Waals surface area contributed by atoms with Gasteiger partial charge >= 0.3 is 5.97 Å². The summed E-state index contributed by atoms with van der Waals surface area (Å²) in [6.45, 7) is 2.19. The lowest BCUT2D eigenvalue weighted by molar-refractivity contribution is 0.0695. The highest BCUT2D eigenvalue weighted by Crippen LogP contribution is 2.55. The van der Waals surface area contributed by atoms with E-state index in [1.165, 1.54) is 38.3 Å². The van der Waals surface area contributed by atoms with Gasteiger partial charge in [-0.15, -0.1) is 5.10 Å². The first kappa shape index (κ1) is 24.4. The lowest BCUT2D eigenvalue weighted by Crippen LogP contribution is -2.25. The monoisotopic (exact) mass is 511 g/mol. The number of aromatic nitrogens is 5. The third kappa shape index (κ3) is 4.83. The van der Waals surface area contributed by atoms with Gasteiger partial charge in [-0.05, 0) is 67.5 Å². The normalized spacial score (nSPS) is 20.3. The van der Waals surface area contributed by atoms with Gasteiger partial charge in [0, 0.05) is 25.1 Å². The zero-order chi connectivity index (χ0) is 26.2. The summed E-state index contributed by atoms with van der Waals surface area (Å²) in [6, 6.07) is 16.3. The van der Waals surface area contributed by atoms with Gasteiger partial charge < -0.3 is 9.84 Å². The van der Waals surface area contributed by atoms with Crippen LogP contribution in [0.2, 0.25) is 0 Å². The molecule has 196 valence electrons. The third-order valence-electron chi connectivity index (χ3n) is 8.09. The van der Waals surface area contributed by atoms with Crippen molar-refractivity contribution in [3.05, 3.63) is 77.9 Å². The van der Waals surface area contributed by atoms with Crippen molar-refractivity contribution in [2.45, 2.75) is 63.4 Å². The van der Waals surface area contributed by atoms with Crippen LogP contribution in [-0.4, -0.2) is 42.0 Å². The van der Waals surface area contributed by atoms with Gasteiger partial charge in [0.05, 0.1) is 29.4 Å². The van der Waals surface area contributed by atoms with E-state index in [1.54, 1.807) is 9.36 Å². The average Bonchev–Trinajstić information content (AvgIpc) is 3.38. The van der Waals surface area contributed by atoms with Crippen molar-refractivity contribution < 1.29 is 14.6 Å². The molecule has 2 aromatic heterocycles. The Labute approximate surface area is 222 Å². The number of nitrogens with zero attached hydrogens (tertiary/aromatic N) is 5. The number of aromatic carboxylic acids is 1. The summed E-state index contributed by atoms with van der Waals surface area (Å²) in [6.07, 6.45) is 10.9. The van der Waals surface area contributed by atoms with Crippen LogP contribution in [0.3, 0.4) is 0 Å². The smallest absolute Gasteiger partial charge is 0.339 e. The van der Waals surface area contributed by atoms with Crippen LogP contribution in [0.5, 0.6) is 5.75 Å². The number of rotatable bonds is 8. The zero-order valence-electron chi connectivity index (χ0n) is 21.8. The molecular formula is C30H33N5O3. The Kier molecular flexibility index (Phi) is 6.47. The lowest BCUT2D eigenvalue weighted by Gasteiger charge is -2.28. The quantitative estimate of drug-likeness (QED) is 0.312. The Balaban J connectivity index is 1.24. The largest absolute Gasteiger partial charge is 0.490 e. The van der Waals surface area contributed by atoms with Crippen LogP contribution in [0.1, 0.15) is 79.0 Å². The number of carboxylic acid groups (broad SMARTS) is 1. The molecule has 0 spiro atoms. The molecule has 2 aliphatic carbocycles. The molecule has 8 heteroatoms. The molecule has 8 nitrogen and oxygen atoms in total. The van der Waals surface area contributed by atoms with Crippen molar-refractivity contribution in [2.24, 2.45) is 13.0 Å². The molecule has 2 heterocycles. The van der Waals surface area contributed by atoms with E-state index in [-0.39, 0.29) is 23.5 Å². The van der Waals surface area contributed by atoms with Gasteiger partial charge in [0.2, 0.25) is 0 Å². The standard InChI is InChI=1S/C30H33N5O3/c1-19(20-7-4-3-5-8-20)38-24-13-11-21(12-14-24)22-9-6-10-23(15-22)35-29(27(17-31-35)30(36)37)26-16-25(26)28-18-34(2)33-32-28/h6,9-15,17-20,25-26H,3-5,7-8,16H2,1-2H3,(H,36,37)/t19?,25-,26-/m0/s1. The molecule has 0 saturated heterocycles. The van der Waals surface area contributed by atoms with E-state index in [0.29, 0.717) is 11.6 Å².